The van der Waals surface area contributed by atoms with E-state index in [0.29, 0.717) is 28.0 Å². The molecule has 0 atom stereocenters. The lowest BCUT2D eigenvalue weighted by molar-refractivity contribution is -0.118. The zero-order chi connectivity index (χ0) is 14.9. The molecule has 0 saturated carbocycles. The van der Waals surface area contributed by atoms with Crippen LogP contribution in [0.1, 0.15) is 17.3 Å². The topological polar surface area (TPSA) is 58.6 Å². The first kappa shape index (κ1) is 14.6. The van der Waals surface area contributed by atoms with E-state index < -0.39 is 0 Å². The van der Waals surface area contributed by atoms with Gasteiger partial charge in [0.2, 0.25) is 0 Å². The SMILES string of the molecule is C=C(C)CN(C)C(=O)c1cc2c(cc1Br)NC(=O)CO2. The van der Waals surface area contributed by atoms with Gasteiger partial charge in [-0.2, -0.15) is 0 Å². The second-order valence-electron chi connectivity index (χ2n) is 4.78. The fourth-order valence-corrected chi connectivity index (χ4v) is 2.46. The number of nitrogens with one attached hydrogen (secondary N) is 1. The third kappa shape index (κ3) is 3.01. The summed E-state index contributed by atoms with van der Waals surface area (Å²) in [5, 5.41) is 2.70. The molecule has 0 saturated heterocycles. The fraction of sp³-hybridized carbons (Fsp3) is 0.286. The second-order valence-corrected chi connectivity index (χ2v) is 5.64. The quantitative estimate of drug-likeness (QED) is 0.861. The van der Waals surface area contributed by atoms with Crippen LogP contribution in [0.15, 0.2) is 28.8 Å². The molecule has 5 nitrogen and oxygen atoms in total. The van der Waals surface area contributed by atoms with Crippen LogP contribution in [0.5, 0.6) is 5.75 Å². The lowest BCUT2D eigenvalue weighted by Crippen LogP contribution is -2.29. The standard InChI is InChI=1S/C14H15BrN2O3/c1-8(2)6-17(3)14(19)9-4-12-11(5-10(9)15)16-13(18)7-20-12/h4-5H,1,6-7H2,2-3H3,(H,16,18). The van der Waals surface area contributed by atoms with E-state index in [4.69, 9.17) is 4.74 Å². The van der Waals surface area contributed by atoms with E-state index >= 15 is 0 Å². The Morgan fingerprint density at radius 3 is 2.90 bits per heavy atom. The van der Waals surface area contributed by atoms with Gasteiger partial charge in [0.05, 0.1) is 11.3 Å². The predicted octanol–water partition coefficient (Wildman–Crippen LogP) is 2.43. The molecule has 20 heavy (non-hydrogen) atoms. The van der Waals surface area contributed by atoms with Crippen molar-refractivity contribution in [2.75, 3.05) is 25.5 Å². The number of hydrogen-bond acceptors (Lipinski definition) is 3. The highest BCUT2D eigenvalue weighted by molar-refractivity contribution is 9.10. The van der Waals surface area contributed by atoms with Crippen LogP contribution in [0.25, 0.3) is 0 Å². The minimum absolute atomic E-state index is 0.0378. The minimum atomic E-state index is -0.206. The maximum absolute atomic E-state index is 12.4. The van der Waals surface area contributed by atoms with Gasteiger partial charge < -0.3 is 15.0 Å². The van der Waals surface area contributed by atoms with Crippen molar-refractivity contribution in [3.8, 4) is 5.75 Å². The van der Waals surface area contributed by atoms with E-state index in [2.05, 4.69) is 27.8 Å². The van der Waals surface area contributed by atoms with E-state index in [9.17, 15) is 9.59 Å². The molecule has 0 aromatic heterocycles. The molecule has 0 fully saturated rings. The molecule has 2 rings (SSSR count). The molecular weight excluding hydrogens is 324 g/mol. The van der Waals surface area contributed by atoms with Crippen LogP contribution in [0, 0.1) is 0 Å². The van der Waals surface area contributed by atoms with E-state index in [1.807, 2.05) is 6.92 Å². The first-order chi connectivity index (χ1) is 9.38. The van der Waals surface area contributed by atoms with Gasteiger partial charge in [-0.3, -0.25) is 9.59 Å². The van der Waals surface area contributed by atoms with Crippen molar-refractivity contribution < 1.29 is 14.3 Å². The summed E-state index contributed by atoms with van der Waals surface area (Å²) in [7, 11) is 1.71. The van der Waals surface area contributed by atoms with Crippen LogP contribution >= 0.6 is 15.9 Å². The van der Waals surface area contributed by atoms with Crippen LogP contribution in [0.4, 0.5) is 5.69 Å². The van der Waals surface area contributed by atoms with Crippen molar-refractivity contribution in [3.63, 3.8) is 0 Å². The van der Waals surface area contributed by atoms with Crippen LogP contribution in [0.2, 0.25) is 0 Å². The molecule has 6 heteroatoms. The average Bonchev–Trinajstić information content (AvgIpc) is 2.36. The number of rotatable bonds is 3. The Kier molecular flexibility index (Phi) is 4.13. The van der Waals surface area contributed by atoms with Crippen molar-refractivity contribution in [3.05, 3.63) is 34.3 Å². The van der Waals surface area contributed by atoms with Gasteiger partial charge in [0, 0.05) is 18.1 Å². The Balaban J connectivity index is 2.31. The number of carbonyl (C=O) groups excluding carboxylic acids is 2. The Labute approximate surface area is 125 Å². The summed E-state index contributed by atoms with van der Waals surface area (Å²) in [5.74, 6) is 0.158. The number of nitrogens with zero attached hydrogens (tertiary/aromatic N) is 1. The maximum atomic E-state index is 12.4. The second kappa shape index (κ2) is 5.66. The number of hydrogen-bond donors (Lipinski definition) is 1. The molecule has 1 N–H and O–H groups in total. The Bertz CT molecular complexity index is 598. The molecule has 0 aliphatic carbocycles. The molecular formula is C14H15BrN2O3. The van der Waals surface area contributed by atoms with Crippen LogP contribution in [0.3, 0.4) is 0 Å². The van der Waals surface area contributed by atoms with Gasteiger partial charge in [-0.05, 0) is 35.0 Å². The number of benzene rings is 1. The molecule has 0 spiro atoms. The monoisotopic (exact) mass is 338 g/mol. The summed E-state index contributed by atoms with van der Waals surface area (Å²) in [4.78, 5) is 25.2. The van der Waals surface area contributed by atoms with Gasteiger partial charge >= 0.3 is 0 Å². The number of likely N-dealkylation sites (N-methyl/N-ethyl adjacent to an activating group) is 1. The Morgan fingerprint density at radius 2 is 2.25 bits per heavy atom. The van der Waals surface area contributed by atoms with Crippen molar-refractivity contribution in [1.82, 2.24) is 4.90 Å². The third-order valence-corrected chi connectivity index (χ3v) is 3.44. The predicted molar refractivity (Wildman–Crippen MR) is 80.0 cm³/mol. The Morgan fingerprint density at radius 1 is 1.55 bits per heavy atom. The molecule has 0 radical (unpaired) electrons. The molecule has 0 unspecified atom stereocenters. The van der Waals surface area contributed by atoms with Crippen LogP contribution in [-0.2, 0) is 4.79 Å². The number of halogens is 1. The van der Waals surface area contributed by atoms with E-state index in [1.54, 1.807) is 24.1 Å². The largest absolute Gasteiger partial charge is 0.482 e. The van der Waals surface area contributed by atoms with Crippen molar-refractivity contribution in [2.45, 2.75) is 6.92 Å². The lowest BCUT2D eigenvalue weighted by atomic mass is 10.1. The first-order valence-electron chi connectivity index (χ1n) is 6.04. The molecule has 1 aromatic rings. The van der Waals surface area contributed by atoms with Gasteiger partial charge in [-0.15, -0.1) is 0 Å². The van der Waals surface area contributed by atoms with Gasteiger partial charge in [-0.1, -0.05) is 12.2 Å². The zero-order valence-corrected chi connectivity index (χ0v) is 12.9. The summed E-state index contributed by atoms with van der Waals surface area (Å²) in [6.45, 7) is 6.11. The molecule has 106 valence electrons. The molecule has 1 aliphatic heterocycles. The normalized spacial score (nSPS) is 13.1. The molecule has 0 bridgehead atoms. The Hall–Kier alpha value is -1.82. The summed E-state index contributed by atoms with van der Waals surface area (Å²) in [5.41, 5.74) is 1.95. The number of fused-ring (bicyclic) bond motifs is 1. The fourth-order valence-electron chi connectivity index (χ4n) is 1.95. The highest BCUT2D eigenvalue weighted by atomic mass is 79.9. The summed E-state index contributed by atoms with van der Waals surface area (Å²) >= 11 is 3.35. The highest BCUT2D eigenvalue weighted by Crippen LogP contribution is 2.34. The molecule has 1 aliphatic rings. The number of amides is 2. The summed E-state index contributed by atoms with van der Waals surface area (Å²) in [6, 6.07) is 3.31. The van der Waals surface area contributed by atoms with Crippen LogP contribution < -0.4 is 10.1 Å². The number of anilines is 1. The van der Waals surface area contributed by atoms with Crippen molar-refractivity contribution in [1.29, 1.82) is 0 Å². The lowest BCUT2D eigenvalue weighted by Gasteiger charge is -2.22. The smallest absolute Gasteiger partial charge is 0.262 e. The van der Waals surface area contributed by atoms with Crippen molar-refractivity contribution >= 4 is 33.4 Å². The van der Waals surface area contributed by atoms with Gasteiger partial charge in [0.1, 0.15) is 5.75 Å². The number of carbonyl (C=O) groups is 2. The highest BCUT2D eigenvalue weighted by Gasteiger charge is 2.22. The molecule has 1 aromatic carbocycles. The third-order valence-electron chi connectivity index (χ3n) is 2.79. The van der Waals surface area contributed by atoms with E-state index in [0.717, 1.165) is 5.57 Å². The average molecular weight is 339 g/mol. The maximum Gasteiger partial charge on any atom is 0.262 e. The van der Waals surface area contributed by atoms with Crippen LogP contribution in [-0.4, -0.2) is 36.9 Å². The van der Waals surface area contributed by atoms with Gasteiger partial charge in [0.15, 0.2) is 6.61 Å². The molecule has 2 amide bonds. The van der Waals surface area contributed by atoms with Gasteiger partial charge in [-0.25, -0.2) is 0 Å². The zero-order valence-electron chi connectivity index (χ0n) is 11.3. The van der Waals surface area contributed by atoms with E-state index in [-0.39, 0.29) is 18.4 Å². The van der Waals surface area contributed by atoms with Gasteiger partial charge in [0.25, 0.3) is 11.8 Å². The van der Waals surface area contributed by atoms with Crippen molar-refractivity contribution in [2.24, 2.45) is 0 Å². The summed E-state index contributed by atoms with van der Waals surface area (Å²) in [6.07, 6.45) is 0. The molecule has 1 heterocycles. The minimum Gasteiger partial charge on any atom is -0.482 e. The first-order valence-corrected chi connectivity index (χ1v) is 6.84. The van der Waals surface area contributed by atoms with E-state index in [1.165, 1.54) is 0 Å². The number of ether oxygens (including phenoxy) is 1. The summed E-state index contributed by atoms with van der Waals surface area (Å²) < 4.78 is 5.93.